The van der Waals surface area contributed by atoms with Crippen LogP contribution in [0.15, 0.2) is 131 Å². The number of rotatable bonds is 6. The Morgan fingerprint density at radius 3 is 1.19 bits per heavy atom. The summed E-state index contributed by atoms with van der Waals surface area (Å²) in [5, 5.41) is 0. The molecule has 0 aliphatic carbocycles. The molecule has 0 atom stereocenters. The van der Waals surface area contributed by atoms with Gasteiger partial charge in [0.1, 0.15) is 23.1 Å². The summed E-state index contributed by atoms with van der Waals surface area (Å²) in [6.45, 7) is 0. The minimum Gasteiger partial charge on any atom is -0.378 e. The number of aliphatic imine (C=N–C) groups is 2. The quantitative estimate of drug-likeness (QED) is 0.174. The molecule has 2 heterocycles. The highest BCUT2D eigenvalue weighted by atomic mass is 32.1. The third-order valence-corrected chi connectivity index (χ3v) is 8.68. The van der Waals surface area contributed by atoms with Gasteiger partial charge in [0.25, 0.3) is 11.8 Å². The van der Waals surface area contributed by atoms with Gasteiger partial charge in [-0.3, -0.25) is 9.59 Å². The van der Waals surface area contributed by atoms with Crippen molar-refractivity contribution in [1.29, 1.82) is 0 Å². The topological polar surface area (TPSA) is 71.8 Å². The molecule has 0 saturated heterocycles. The smallest absolute Gasteiger partial charge is 0.283 e. The first-order valence-electron chi connectivity index (χ1n) is 15.2. The average Bonchev–Trinajstić information content (AvgIpc) is 3.60. The number of anilines is 2. The average molecular weight is 669 g/mol. The first-order chi connectivity index (χ1) is 23.1. The molecular formula is C38H32N6O2S2. The number of benzene rings is 4. The number of carbonyl (C=O) groups is 2. The van der Waals surface area contributed by atoms with Crippen molar-refractivity contribution in [3.63, 3.8) is 0 Å². The van der Waals surface area contributed by atoms with E-state index in [0.717, 1.165) is 22.5 Å². The van der Waals surface area contributed by atoms with E-state index < -0.39 is 11.8 Å². The van der Waals surface area contributed by atoms with Gasteiger partial charge in [0.15, 0.2) is 9.98 Å². The number of amidine groups is 2. The van der Waals surface area contributed by atoms with Crippen molar-refractivity contribution in [2.24, 2.45) is 9.98 Å². The van der Waals surface area contributed by atoms with Crippen molar-refractivity contribution in [2.75, 3.05) is 38.0 Å². The molecule has 0 N–H and O–H groups in total. The number of carbonyl (C=O) groups excluding carboxylic acids is 2. The van der Waals surface area contributed by atoms with Gasteiger partial charge in [-0.2, -0.15) is 0 Å². The van der Waals surface area contributed by atoms with Gasteiger partial charge in [-0.1, -0.05) is 109 Å². The van der Waals surface area contributed by atoms with Crippen molar-refractivity contribution < 1.29 is 9.59 Å². The lowest BCUT2D eigenvalue weighted by Gasteiger charge is -2.25. The molecule has 0 radical (unpaired) electrons. The van der Waals surface area contributed by atoms with Crippen LogP contribution in [0.1, 0.15) is 22.3 Å². The van der Waals surface area contributed by atoms with Crippen LogP contribution in [0.4, 0.5) is 11.4 Å². The van der Waals surface area contributed by atoms with Crippen LogP contribution < -0.4 is 9.80 Å². The Morgan fingerprint density at radius 2 is 0.875 bits per heavy atom. The summed E-state index contributed by atoms with van der Waals surface area (Å²) in [6, 6.07) is 34.1. The molecule has 6 rings (SSSR count). The molecule has 2 aliphatic heterocycles. The first-order valence-corrected chi connectivity index (χ1v) is 16.0. The third kappa shape index (κ3) is 6.48. The molecule has 2 amide bonds. The van der Waals surface area contributed by atoms with Gasteiger partial charge < -0.3 is 9.80 Å². The van der Waals surface area contributed by atoms with E-state index in [9.17, 15) is 9.59 Å². The van der Waals surface area contributed by atoms with E-state index in [-0.39, 0.29) is 21.4 Å². The Balaban J connectivity index is 1.37. The van der Waals surface area contributed by atoms with Gasteiger partial charge in [0.05, 0.1) is 0 Å². The second kappa shape index (κ2) is 13.6. The Morgan fingerprint density at radius 1 is 0.542 bits per heavy atom. The summed E-state index contributed by atoms with van der Waals surface area (Å²) >= 11 is 11.9. The lowest BCUT2D eigenvalue weighted by atomic mass is 10.1. The largest absolute Gasteiger partial charge is 0.378 e. The zero-order valence-electron chi connectivity index (χ0n) is 26.9. The summed E-state index contributed by atoms with van der Waals surface area (Å²) in [5.74, 6) is -0.240. The Kier molecular flexibility index (Phi) is 9.20. The molecule has 10 heteroatoms. The molecule has 0 saturated carbocycles. The fourth-order valence-electron chi connectivity index (χ4n) is 5.22. The number of amides is 2. The van der Waals surface area contributed by atoms with E-state index in [1.807, 2.05) is 147 Å². The molecule has 4 aromatic carbocycles. The lowest BCUT2D eigenvalue weighted by Crippen LogP contribution is -2.49. The van der Waals surface area contributed by atoms with Crippen molar-refractivity contribution in [2.45, 2.75) is 0 Å². The molecule has 0 bridgehead atoms. The third-order valence-electron chi connectivity index (χ3n) is 7.80. The molecule has 0 fully saturated rings. The van der Waals surface area contributed by atoms with Crippen molar-refractivity contribution >= 4 is 81.4 Å². The van der Waals surface area contributed by atoms with Crippen molar-refractivity contribution in [3.8, 4) is 0 Å². The molecule has 0 unspecified atom stereocenters. The van der Waals surface area contributed by atoms with E-state index in [2.05, 4.69) is 0 Å². The minimum absolute atomic E-state index is 0.0301. The zero-order valence-corrected chi connectivity index (χ0v) is 28.5. The van der Waals surface area contributed by atoms with E-state index >= 15 is 0 Å². The number of nitrogens with zero attached hydrogens (tertiary/aromatic N) is 6. The van der Waals surface area contributed by atoms with Gasteiger partial charge in [-0.25, -0.2) is 19.8 Å². The minimum atomic E-state index is -0.445. The normalized spacial score (nSPS) is 16.0. The van der Waals surface area contributed by atoms with Gasteiger partial charge in [-0.15, -0.1) is 0 Å². The predicted octanol–water partition coefficient (Wildman–Crippen LogP) is 6.43. The monoisotopic (exact) mass is 668 g/mol. The Labute approximate surface area is 290 Å². The van der Waals surface area contributed by atoms with E-state index in [4.69, 9.17) is 34.4 Å². The maximum atomic E-state index is 14.1. The van der Waals surface area contributed by atoms with Crippen LogP contribution in [0.25, 0.3) is 12.2 Å². The van der Waals surface area contributed by atoms with Gasteiger partial charge in [-0.05, 0) is 47.5 Å². The summed E-state index contributed by atoms with van der Waals surface area (Å²) in [7, 11) is 7.86. The van der Waals surface area contributed by atoms with Gasteiger partial charge in [0, 0.05) is 50.7 Å². The van der Waals surface area contributed by atoms with Crippen LogP contribution in [0, 0.1) is 0 Å². The number of hydrogen-bond acceptors (Lipinski definition) is 8. The molecule has 48 heavy (non-hydrogen) atoms. The number of thiocarbonyl (C=S) groups is 2. The van der Waals surface area contributed by atoms with Gasteiger partial charge in [0.2, 0.25) is 0 Å². The van der Waals surface area contributed by atoms with Gasteiger partial charge >= 0.3 is 0 Å². The second-order valence-corrected chi connectivity index (χ2v) is 12.3. The highest BCUT2D eigenvalue weighted by Gasteiger charge is 2.41. The fourth-order valence-corrected chi connectivity index (χ4v) is 5.74. The molecule has 238 valence electrons. The Bertz CT molecular complexity index is 1880. The maximum Gasteiger partial charge on any atom is 0.283 e. The zero-order chi connectivity index (χ0) is 33.9. The highest BCUT2D eigenvalue weighted by Crippen LogP contribution is 2.28. The summed E-state index contributed by atoms with van der Waals surface area (Å²) in [4.78, 5) is 44.2. The highest BCUT2D eigenvalue weighted by molar-refractivity contribution is 7.89. The van der Waals surface area contributed by atoms with E-state index in [0.29, 0.717) is 22.8 Å². The SMILES string of the molecule is CN(C)c1ccc(C=C2N=C(c3ccccc3)N(C(=S)C(=S)N3C(=O)C(=Cc4ccc(N(C)C)cc4)N=C3c3ccccc3)C2=O)cc1. The van der Waals surface area contributed by atoms with Crippen LogP contribution >= 0.6 is 24.4 Å². The summed E-state index contributed by atoms with van der Waals surface area (Å²) < 4.78 is 0. The lowest BCUT2D eigenvalue weighted by molar-refractivity contribution is -0.121. The molecular weight excluding hydrogens is 637 g/mol. The molecule has 8 nitrogen and oxygen atoms in total. The van der Waals surface area contributed by atoms with Crippen LogP contribution in [0.2, 0.25) is 0 Å². The summed E-state index contributed by atoms with van der Waals surface area (Å²) in [5.41, 5.74) is 5.41. The van der Waals surface area contributed by atoms with Crippen molar-refractivity contribution in [3.05, 3.63) is 143 Å². The Hall–Kier alpha value is -5.58. The summed E-state index contributed by atoms with van der Waals surface area (Å²) in [6.07, 6.45) is 3.44. The fraction of sp³-hybridized carbons (Fsp3) is 0.105. The molecule has 0 aromatic heterocycles. The maximum absolute atomic E-state index is 14.1. The van der Waals surface area contributed by atoms with E-state index in [1.165, 1.54) is 9.80 Å². The van der Waals surface area contributed by atoms with Crippen LogP contribution in [0.5, 0.6) is 0 Å². The van der Waals surface area contributed by atoms with Crippen LogP contribution in [-0.2, 0) is 9.59 Å². The predicted molar refractivity (Wildman–Crippen MR) is 202 cm³/mol. The van der Waals surface area contributed by atoms with Crippen molar-refractivity contribution in [1.82, 2.24) is 9.80 Å². The second-order valence-electron chi connectivity index (χ2n) is 11.5. The van der Waals surface area contributed by atoms with Crippen LogP contribution in [0.3, 0.4) is 0 Å². The number of hydrogen-bond donors (Lipinski definition) is 0. The first kappa shape index (κ1) is 32.4. The molecule has 4 aromatic rings. The van der Waals surface area contributed by atoms with Crippen LogP contribution in [-0.4, -0.2) is 71.5 Å². The molecule has 0 spiro atoms. The van der Waals surface area contributed by atoms with E-state index in [1.54, 1.807) is 12.2 Å². The standard InChI is InChI=1S/C38H32N6O2S2/c1-41(2)29-19-15-25(16-20-29)23-31-35(45)43(33(39-31)27-11-7-5-8-12-27)37(47)38(48)44-34(28-13-9-6-10-14-28)40-32(36(44)46)24-26-17-21-30(22-18-26)42(3)4/h5-24H,1-4H3. The molecule has 2 aliphatic rings.